The molecule has 0 unspecified atom stereocenters. The van der Waals surface area contributed by atoms with Crippen LogP contribution in [0.4, 0.5) is 5.69 Å². The van der Waals surface area contributed by atoms with Gasteiger partial charge in [-0.15, -0.1) is 0 Å². The van der Waals surface area contributed by atoms with Gasteiger partial charge in [-0.1, -0.05) is 23.7 Å². The van der Waals surface area contributed by atoms with E-state index >= 15 is 0 Å². The van der Waals surface area contributed by atoms with Crippen LogP contribution in [-0.4, -0.2) is 25.7 Å². The highest BCUT2D eigenvalue weighted by Gasteiger charge is 2.42. The summed E-state index contributed by atoms with van der Waals surface area (Å²) < 4.78 is 0. The molecule has 3 heteroatoms. The van der Waals surface area contributed by atoms with Crippen LogP contribution in [0.3, 0.4) is 0 Å². The zero-order valence-electron chi connectivity index (χ0n) is 13.2. The van der Waals surface area contributed by atoms with Gasteiger partial charge in [-0.2, -0.15) is 0 Å². The number of aryl methyl sites for hydroxylation is 1. The van der Waals surface area contributed by atoms with Gasteiger partial charge in [0.05, 0.1) is 0 Å². The van der Waals surface area contributed by atoms with Gasteiger partial charge in [0.15, 0.2) is 0 Å². The van der Waals surface area contributed by atoms with Crippen LogP contribution in [0.25, 0.3) is 11.1 Å². The molecule has 118 valence electrons. The van der Waals surface area contributed by atoms with Gasteiger partial charge in [-0.3, -0.25) is 0 Å². The Labute approximate surface area is 142 Å². The molecule has 1 N–H and O–H groups in total. The molecule has 3 heterocycles. The van der Waals surface area contributed by atoms with E-state index in [9.17, 15) is 0 Å². The number of anilines is 1. The van der Waals surface area contributed by atoms with Crippen molar-refractivity contribution in [1.82, 2.24) is 5.32 Å². The molecule has 2 aromatic carbocycles. The van der Waals surface area contributed by atoms with Gasteiger partial charge >= 0.3 is 0 Å². The van der Waals surface area contributed by atoms with Crippen LogP contribution in [0.2, 0.25) is 5.02 Å². The van der Waals surface area contributed by atoms with Gasteiger partial charge in [-0.05, 0) is 72.3 Å². The average molecular weight is 325 g/mol. The van der Waals surface area contributed by atoms with E-state index < -0.39 is 0 Å². The Morgan fingerprint density at radius 3 is 2.83 bits per heavy atom. The molecule has 1 fully saturated rings. The molecule has 0 aromatic heterocycles. The summed E-state index contributed by atoms with van der Waals surface area (Å²) in [5, 5.41) is 4.41. The van der Waals surface area contributed by atoms with E-state index in [4.69, 9.17) is 11.6 Å². The topological polar surface area (TPSA) is 15.3 Å². The number of halogens is 1. The summed E-state index contributed by atoms with van der Waals surface area (Å²) in [4.78, 5) is 2.71. The van der Waals surface area contributed by atoms with Gasteiger partial charge in [0.25, 0.3) is 0 Å². The van der Waals surface area contributed by atoms with E-state index in [0.29, 0.717) is 12.0 Å². The summed E-state index contributed by atoms with van der Waals surface area (Å²) in [5.41, 5.74) is 7.31. The second-order valence-corrected chi connectivity index (χ2v) is 7.48. The highest BCUT2D eigenvalue weighted by atomic mass is 35.5. The second kappa shape index (κ2) is 5.25. The number of nitrogens with one attached hydrogen (secondary N) is 1. The predicted molar refractivity (Wildman–Crippen MR) is 96.6 cm³/mol. The minimum atomic E-state index is 0.655. The minimum absolute atomic E-state index is 0.655. The van der Waals surface area contributed by atoms with Crippen molar-refractivity contribution in [1.29, 1.82) is 0 Å². The smallest absolute Gasteiger partial charge is 0.0438 e. The number of hydrogen-bond acceptors (Lipinski definition) is 2. The molecule has 0 spiro atoms. The molecule has 5 rings (SSSR count). The number of fused-ring (bicyclic) bond motifs is 3. The van der Waals surface area contributed by atoms with E-state index in [2.05, 4.69) is 34.5 Å². The fourth-order valence-corrected chi connectivity index (χ4v) is 4.90. The Balaban J connectivity index is 1.66. The Kier molecular flexibility index (Phi) is 3.17. The molecule has 2 nitrogen and oxygen atoms in total. The molecule has 3 aliphatic heterocycles. The lowest BCUT2D eigenvalue weighted by molar-refractivity contribution is 0.400. The Morgan fingerprint density at radius 1 is 1.09 bits per heavy atom. The number of hydrogen-bond donors (Lipinski definition) is 1. The summed E-state index contributed by atoms with van der Waals surface area (Å²) in [7, 11) is 0. The van der Waals surface area contributed by atoms with Crippen LogP contribution in [0.15, 0.2) is 36.4 Å². The average Bonchev–Trinajstić information content (AvgIpc) is 2.92. The van der Waals surface area contributed by atoms with Gasteiger partial charge in [0.2, 0.25) is 0 Å². The van der Waals surface area contributed by atoms with Crippen LogP contribution >= 0.6 is 11.6 Å². The summed E-state index contributed by atoms with van der Waals surface area (Å²) in [6, 6.07) is 13.8. The number of nitrogens with zero attached hydrogens (tertiary/aromatic N) is 1. The molecule has 0 amide bonds. The molecule has 1 saturated heterocycles. The highest BCUT2D eigenvalue weighted by molar-refractivity contribution is 6.30. The van der Waals surface area contributed by atoms with Gasteiger partial charge in [0.1, 0.15) is 0 Å². The first-order valence-corrected chi connectivity index (χ1v) is 9.09. The summed E-state index contributed by atoms with van der Waals surface area (Å²) in [6.07, 6.45) is 3.77. The van der Waals surface area contributed by atoms with Crippen molar-refractivity contribution < 1.29 is 0 Å². The van der Waals surface area contributed by atoms with E-state index in [1.165, 1.54) is 36.9 Å². The zero-order valence-corrected chi connectivity index (χ0v) is 13.9. The van der Waals surface area contributed by atoms with E-state index in [1.807, 2.05) is 12.1 Å². The minimum Gasteiger partial charge on any atom is -0.367 e. The second-order valence-electron chi connectivity index (χ2n) is 7.04. The van der Waals surface area contributed by atoms with Crippen LogP contribution < -0.4 is 10.2 Å². The van der Waals surface area contributed by atoms with Gasteiger partial charge in [-0.25, -0.2) is 0 Å². The van der Waals surface area contributed by atoms with E-state index in [1.54, 1.807) is 16.8 Å². The van der Waals surface area contributed by atoms with Crippen LogP contribution in [0.1, 0.15) is 29.9 Å². The molecule has 2 atom stereocenters. The summed E-state index contributed by atoms with van der Waals surface area (Å²) >= 11 is 6.06. The first-order valence-electron chi connectivity index (χ1n) is 8.71. The summed E-state index contributed by atoms with van der Waals surface area (Å²) in [6.45, 7) is 3.52. The SMILES string of the molecule is Clc1ccc(-c2cc3c4c(c2)[C@@H]2CNCC[C@@H]2N4CCC3)cc1. The fourth-order valence-electron chi connectivity index (χ4n) is 4.77. The molecule has 2 aromatic rings. The number of benzene rings is 2. The highest BCUT2D eigenvalue weighted by Crippen LogP contribution is 2.48. The van der Waals surface area contributed by atoms with E-state index in [-0.39, 0.29) is 0 Å². The van der Waals surface area contributed by atoms with Crippen molar-refractivity contribution in [3.05, 3.63) is 52.5 Å². The normalized spacial score (nSPS) is 25.2. The van der Waals surface area contributed by atoms with Crippen molar-refractivity contribution >= 4 is 17.3 Å². The van der Waals surface area contributed by atoms with Crippen molar-refractivity contribution in [2.45, 2.75) is 31.2 Å². The maximum atomic E-state index is 6.06. The van der Waals surface area contributed by atoms with Crippen molar-refractivity contribution in [2.24, 2.45) is 0 Å². The molecule has 0 bridgehead atoms. The van der Waals surface area contributed by atoms with E-state index in [0.717, 1.165) is 18.1 Å². The molecule has 3 aliphatic rings. The van der Waals surface area contributed by atoms with Crippen LogP contribution in [0, 0.1) is 0 Å². The Hall–Kier alpha value is -1.51. The molecule has 0 radical (unpaired) electrons. The molecular formula is C20H21ClN2. The first-order chi connectivity index (χ1) is 11.3. The largest absolute Gasteiger partial charge is 0.367 e. The van der Waals surface area contributed by atoms with Crippen molar-refractivity contribution in [3.8, 4) is 11.1 Å². The Bertz CT molecular complexity index is 753. The third-order valence-corrected chi connectivity index (χ3v) is 6.03. The van der Waals surface area contributed by atoms with Crippen molar-refractivity contribution in [2.75, 3.05) is 24.5 Å². The molecular weight excluding hydrogens is 304 g/mol. The van der Waals surface area contributed by atoms with Gasteiger partial charge in [0, 0.05) is 35.8 Å². The van der Waals surface area contributed by atoms with Crippen LogP contribution in [0.5, 0.6) is 0 Å². The molecule has 23 heavy (non-hydrogen) atoms. The predicted octanol–water partition coefficient (Wildman–Crippen LogP) is 4.22. The Morgan fingerprint density at radius 2 is 1.96 bits per heavy atom. The lowest BCUT2D eigenvalue weighted by Crippen LogP contribution is -2.45. The van der Waals surface area contributed by atoms with Crippen molar-refractivity contribution in [3.63, 3.8) is 0 Å². The lowest BCUT2D eigenvalue weighted by Gasteiger charge is -2.36. The monoisotopic (exact) mass is 324 g/mol. The number of rotatable bonds is 1. The maximum Gasteiger partial charge on any atom is 0.0438 e. The van der Waals surface area contributed by atoms with Crippen LogP contribution in [-0.2, 0) is 6.42 Å². The maximum absolute atomic E-state index is 6.06. The lowest BCUT2D eigenvalue weighted by atomic mass is 9.87. The standard InChI is InChI=1S/C20H21ClN2/c21-16-5-3-13(4-6-16)15-10-14-2-1-9-23-19-7-8-22-12-18(19)17(11-15)20(14)23/h3-6,10-11,18-19,22H,1-2,7-9,12H2/t18-,19-/m0/s1. The van der Waals surface area contributed by atoms with Gasteiger partial charge < -0.3 is 10.2 Å². The first kappa shape index (κ1) is 13.9. The fraction of sp³-hybridized carbons (Fsp3) is 0.400. The zero-order chi connectivity index (χ0) is 15.4. The summed E-state index contributed by atoms with van der Waals surface area (Å²) in [5.74, 6) is 0.655. The third-order valence-electron chi connectivity index (χ3n) is 5.77. The number of piperidine rings is 1. The third kappa shape index (κ3) is 2.12. The molecule has 0 aliphatic carbocycles. The quantitative estimate of drug-likeness (QED) is 0.845. The molecule has 0 saturated carbocycles.